The van der Waals surface area contributed by atoms with Crippen molar-refractivity contribution in [3.8, 4) is 5.75 Å². The van der Waals surface area contributed by atoms with Gasteiger partial charge in [-0.25, -0.2) is 0 Å². The third-order valence-corrected chi connectivity index (χ3v) is 5.04. The van der Waals surface area contributed by atoms with Crippen molar-refractivity contribution >= 4 is 0 Å². The fourth-order valence-electron chi connectivity index (χ4n) is 3.55. The molecule has 1 saturated carbocycles. The smallest absolute Gasteiger partial charge is 0.119 e. The van der Waals surface area contributed by atoms with Gasteiger partial charge in [0.2, 0.25) is 0 Å². The van der Waals surface area contributed by atoms with E-state index in [1.165, 1.54) is 70.4 Å². The number of ether oxygens (including phenoxy) is 1. The molecule has 3 nitrogen and oxygen atoms in total. The third kappa shape index (κ3) is 4.72. The molecule has 2 fully saturated rings. The van der Waals surface area contributed by atoms with Gasteiger partial charge < -0.3 is 14.5 Å². The van der Waals surface area contributed by atoms with Crippen molar-refractivity contribution in [1.82, 2.24) is 9.80 Å². The zero-order valence-corrected chi connectivity index (χ0v) is 14.0. The molecule has 0 bridgehead atoms. The Balaban J connectivity index is 1.42. The number of hydrogen-bond donors (Lipinski definition) is 0. The molecule has 22 heavy (non-hydrogen) atoms. The number of benzene rings is 1. The summed E-state index contributed by atoms with van der Waals surface area (Å²) < 4.78 is 6.11. The molecule has 0 spiro atoms. The van der Waals surface area contributed by atoms with Gasteiger partial charge in [0.15, 0.2) is 0 Å². The molecule has 1 saturated heterocycles. The lowest BCUT2D eigenvalue weighted by Gasteiger charge is -2.32. The molecular formula is C19H30N2O. The minimum atomic E-state index is 0.459. The molecule has 1 aromatic carbocycles. The Morgan fingerprint density at radius 2 is 1.86 bits per heavy atom. The summed E-state index contributed by atoms with van der Waals surface area (Å²) in [5.74, 6) is 1.07. The van der Waals surface area contributed by atoms with Gasteiger partial charge in [0, 0.05) is 26.2 Å². The maximum absolute atomic E-state index is 6.11. The van der Waals surface area contributed by atoms with E-state index in [9.17, 15) is 0 Å². The third-order valence-electron chi connectivity index (χ3n) is 5.04. The highest BCUT2D eigenvalue weighted by Gasteiger charge is 2.16. The van der Waals surface area contributed by atoms with Gasteiger partial charge in [0.1, 0.15) is 5.75 Å². The molecule has 3 rings (SSSR count). The topological polar surface area (TPSA) is 15.7 Å². The number of hydrogen-bond acceptors (Lipinski definition) is 3. The van der Waals surface area contributed by atoms with Gasteiger partial charge in [-0.15, -0.1) is 0 Å². The number of aryl methyl sites for hydroxylation is 1. The van der Waals surface area contributed by atoms with Crippen molar-refractivity contribution in [2.24, 2.45) is 0 Å². The minimum absolute atomic E-state index is 0.459. The molecular weight excluding hydrogens is 272 g/mol. The van der Waals surface area contributed by atoms with E-state index in [-0.39, 0.29) is 0 Å². The van der Waals surface area contributed by atoms with Crippen LogP contribution in [-0.2, 0) is 6.42 Å². The fraction of sp³-hybridized carbons (Fsp3) is 0.684. The van der Waals surface area contributed by atoms with E-state index < -0.39 is 0 Å². The van der Waals surface area contributed by atoms with Crippen LogP contribution in [0.3, 0.4) is 0 Å². The first-order chi connectivity index (χ1) is 10.8. The van der Waals surface area contributed by atoms with Crippen LogP contribution in [0.4, 0.5) is 0 Å². The summed E-state index contributed by atoms with van der Waals surface area (Å²) in [6.45, 7) is 6.10. The molecule has 1 heterocycles. The van der Waals surface area contributed by atoms with Crippen molar-refractivity contribution in [2.45, 2.75) is 44.6 Å². The van der Waals surface area contributed by atoms with E-state index in [2.05, 4.69) is 41.1 Å². The maximum atomic E-state index is 6.11. The molecule has 122 valence electrons. The number of likely N-dealkylation sites (N-methyl/N-ethyl adjacent to an activating group) is 1. The van der Waals surface area contributed by atoms with E-state index in [1.807, 2.05) is 0 Å². The van der Waals surface area contributed by atoms with Crippen molar-refractivity contribution in [2.75, 3.05) is 39.8 Å². The number of nitrogens with zero attached hydrogens (tertiary/aromatic N) is 2. The highest BCUT2D eigenvalue weighted by Crippen LogP contribution is 2.24. The molecule has 1 aliphatic heterocycles. The van der Waals surface area contributed by atoms with Crippen molar-refractivity contribution < 1.29 is 4.74 Å². The summed E-state index contributed by atoms with van der Waals surface area (Å²) in [6.07, 6.45) is 7.98. The molecule has 1 aliphatic carbocycles. The first kappa shape index (κ1) is 15.8. The van der Waals surface area contributed by atoms with Crippen LogP contribution in [0.5, 0.6) is 5.75 Å². The van der Waals surface area contributed by atoms with E-state index in [0.29, 0.717) is 6.10 Å². The second-order valence-corrected chi connectivity index (χ2v) is 6.92. The van der Waals surface area contributed by atoms with Crippen LogP contribution in [0.2, 0.25) is 0 Å². The summed E-state index contributed by atoms with van der Waals surface area (Å²) in [7, 11) is 2.22. The van der Waals surface area contributed by atoms with Gasteiger partial charge in [-0.3, -0.25) is 0 Å². The average molecular weight is 302 g/mol. The van der Waals surface area contributed by atoms with Crippen LogP contribution in [0.1, 0.15) is 37.7 Å². The molecule has 1 aromatic rings. The Bertz CT molecular complexity index is 449. The van der Waals surface area contributed by atoms with Gasteiger partial charge >= 0.3 is 0 Å². The van der Waals surface area contributed by atoms with Crippen LogP contribution in [0, 0.1) is 0 Å². The Morgan fingerprint density at radius 3 is 2.64 bits per heavy atom. The SMILES string of the molecule is CN1CCN(CCCc2cccc(OC3CCCC3)c2)CC1. The fourth-order valence-corrected chi connectivity index (χ4v) is 3.55. The predicted molar refractivity (Wildman–Crippen MR) is 91.6 cm³/mol. The monoisotopic (exact) mass is 302 g/mol. The van der Waals surface area contributed by atoms with Gasteiger partial charge in [-0.1, -0.05) is 12.1 Å². The minimum Gasteiger partial charge on any atom is -0.490 e. The lowest BCUT2D eigenvalue weighted by molar-refractivity contribution is 0.153. The molecule has 0 aromatic heterocycles. The number of piperazine rings is 1. The summed E-state index contributed by atoms with van der Waals surface area (Å²) in [5, 5.41) is 0. The highest BCUT2D eigenvalue weighted by atomic mass is 16.5. The summed E-state index contributed by atoms with van der Waals surface area (Å²) in [4.78, 5) is 5.01. The van der Waals surface area contributed by atoms with E-state index in [4.69, 9.17) is 4.74 Å². The second-order valence-electron chi connectivity index (χ2n) is 6.92. The Kier molecular flexibility index (Phi) is 5.74. The highest BCUT2D eigenvalue weighted by molar-refractivity contribution is 5.28. The van der Waals surface area contributed by atoms with Crippen LogP contribution >= 0.6 is 0 Å². The van der Waals surface area contributed by atoms with E-state index in [1.54, 1.807) is 0 Å². The van der Waals surface area contributed by atoms with Crippen molar-refractivity contribution in [1.29, 1.82) is 0 Å². The molecule has 0 N–H and O–H groups in total. The van der Waals surface area contributed by atoms with Crippen molar-refractivity contribution in [3.05, 3.63) is 29.8 Å². The van der Waals surface area contributed by atoms with E-state index >= 15 is 0 Å². The van der Waals surface area contributed by atoms with Crippen LogP contribution in [-0.4, -0.2) is 55.7 Å². The molecule has 3 heteroatoms. The van der Waals surface area contributed by atoms with Gasteiger partial charge in [0.05, 0.1) is 6.10 Å². The molecule has 0 amide bonds. The summed E-state index contributed by atoms with van der Waals surface area (Å²) in [6, 6.07) is 8.76. The van der Waals surface area contributed by atoms with Gasteiger partial charge in [-0.05, 0) is 69.8 Å². The van der Waals surface area contributed by atoms with Crippen LogP contribution in [0.25, 0.3) is 0 Å². The van der Waals surface area contributed by atoms with Crippen LogP contribution < -0.4 is 4.74 Å². The maximum Gasteiger partial charge on any atom is 0.119 e. The predicted octanol–water partition coefficient (Wildman–Crippen LogP) is 3.19. The number of rotatable bonds is 6. The zero-order chi connectivity index (χ0) is 15.2. The van der Waals surface area contributed by atoms with Gasteiger partial charge in [0.25, 0.3) is 0 Å². The Labute approximate surface area is 135 Å². The zero-order valence-electron chi connectivity index (χ0n) is 14.0. The quantitative estimate of drug-likeness (QED) is 0.802. The Morgan fingerprint density at radius 1 is 1.09 bits per heavy atom. The molecule has 0 atom stereocenters. The first-order valence-electron chi connectivity index (χ1n) is 8.96. The van der Waals surface area contributed by atoms with E-state index in [0.717, 1.165) is 12.2 Å². The first-order valence-corrected chi connectivity index (χ1v) is 8.96. The standard InChI is InChI=1S/C19H30N2O/c1-20-12-14-21(15-13-20)11-5-7-17-6-4-10-19(16-17)22-18-8-2-3-9-18/h4,6,10,16,18H,2-3,5,7-9,11-15H2,1H3. The average Bonchev–Trinajstić information content (AvgIpc) is 3.03. The molecule has 0 unspecified atom stereocenters. The second kappa shape index (κ2) is 7.98. The Hall–Kier alpha value is -1.06. The van der Waals surface area contributed by atoms with Gasteiger partial charge in [-0.2, -0.15) is 0 Å². The molecule has 0 radical (unpaired) electrons. The van der Waals surface area contributed by atoms with Crippen LogP contribution in [0.15, 0.2) is 24.3 Å². The lowest BCUT2D eigenvalue weighted by atomic mass is 10.1. The largest absolute Gasteiger partial charge is 0.490 e. The normalized spacial score (nSPS) is 21.3. The molecule has 2 aliphatic rings. The summed E-state index contributed by atoms with van der Waals surface area (Å²) in [5.41, 5.74) is 1.42. The van der Waals surface area contributed by atoms with Crippen molar-refractivity contribution in [3.63, 3.8) is 0 Å². The summed E-state index contributed by atoms with van der Waals surface area (Å²) >= 11 is 0. The lowest BCUT2D eigenvalue weighted by Crippen LogP contribution is -2.44.